The second-order valence-corrected chi connectivity index (χ2v) is 6.08. The molecule has 4 heterocycles. The van der Waals surface area contributed by atoms with Crippen LogP contribution in [0.25, 0.3) is 10.9 Å². The highest BCUT2D eigenvalue weighted by molar-refractivity contribution is 5.79. The SMILES string of the molecule is Cn1c(=O)n2n(c1=O)C1CCC2c2cc3ccccc3nc21. The van der Waals surface area contributed by atoms with E-state index in [1.54, 1.807) is 9.36 Å². The molecule has 3 aliphatic rings. The molecule has 2 atom stereocenters. The van der Waals surface area contributed by atoms with Gasteiger partial charge < -0.3 is 0 Å². The Bertz CT molecular complexity index is 974. The maximum atomic E-state index is 12.4. The summed E-state index contributed by atoms with van der Waals surface area (Å²) in [4.78, 5) is 29.5. The molecule has 0 spiro atoms. The fraction of sp³-hybridized carbons (Fsp3) is 0.312. The first kappa shape index (κ1) is 12.0. The van der Waals surface area contributed by atoms with Crippen LogP contribution in [0, 0.1) is 0 Å². The molecule has 3 aromatic rings. The van der Waals surface area contributed by atoms with E-state index in [9.17, 15) is 9.59 Å². The number of hydrogen-bond acceptors (Lipinski definition) is 3. The van der Waals surface area contributed by atoms with Gasteiger partial charge in [0.15, 0.2) is 0 Å². The fourth-order valence-electron chi connectivity index (χ4n) is 3.92. The minimum Gasteiger partial charge on any atom is -0.250 e. The van der Waals surface area contributed by atoms with Crippen molar-refractivity contribution < 1.29 is 0 Å². The van der Waals surface area contributed by atoms with Crippen LogP contribution in [0.3, 0.4) is 0 Å². The number of pyridine rings is 1. The molecule has 0 amide bonds. The van der Waals surface area contributed by atoms with Crippen molar-refractivity contribution in [1.82, 2.24) is 18.9 Å². The Morgan fingerprint density at radius 2 is 1.73 bits per heavy atom. The van der Waals surface area contributed by atoms with E-state index >= 15 is 0 Å². The zero-order valence-electron chi connectivity index (χ0n) is 12.1. The van der Waals surface area contributed by atoms with Gasteiger partial charge in [0.1, 0.15) is 0 Å². The summed E-state index contributed by atoms with van der Waals surface area (Å²) < 4.78 is 4.41. The highest BCUT2D eigenvalue weighted by Crippen LogP contribution is 2.43. The molecule has 2 bridgehead atoms. The first-order valence-electron chi connectivity index (χ1n) is 7.46. The zero-order chi connectivity index (χ0) is 15.0. The van der Waals surface area contributed by atoms with Gasteiger partial charge in [0.05, 0.1) is 23.3 Å². The van der Waals surface area contributed by atoms with Crippen LogP contribution in [0.4, 0.5) is 0 Å². The first-order valence-corrected chi connectivity index (χ1v) is 7.46. The third-order valence-electron chi connectivity index (χ3n) is 4.96. The lowest BCUT2D eigenvalue weighted by molar-refractivity contribution is 0.233. The molecule has 6 heteroatoms. The van der Waals surface area contributed by atoms with Crippen molar-refractivity contribution in [2.45, 2.75) is 24.9 Å². The average molecular weight is 294 g/mol. The Balaban J connectivity index is 1.90. The molecule has 2 unspecified atom stereocenters. The maximum absolute atomic E-state index is 12.4. The molecule has 2 aliphatic heterocycles. The summed E-state index contributed by atoms with van der Waals surface area (Å²) in [7, 11) is 1.54. The number of nitrogens with zero attached hydrogens (tertiary/aromatic N) is 4. The van der Waals surface area contributed by atoms with E-state index in [1.165, 1.54) is 11.6 Å². The van der Waals surface area contributed by atoms with E-state index < -0.39 is 0 Å². The minimum absolute atomic E-state index is 0.0847. The van der Waals surface area contributed by atoms with Gasteiger partial charge in [-0.2, -0.15) is 0 Å². The standard InChI is InChI=1S/C16H14N4O2/c1-18-15(21)19-12-6-7-13(20(19)16(18)22)14-10(12)8-9-4-2-3-5-11(9)17-14/h2-5,8,12-13H,6-7H2,1H3. The molecule has 0 radical (unpaired) electrons. The van der Waals surface area contributed by atoms with E-state index in [4.69, 9.17) is 4.98 Å². The second-order valence-electron chi connectivity index (χ2n) is 6.08. The molecule has 1 aromatic carbocycles. The summed E-state index contributed by atoms with van der Waals surface area (Å²) in [6.07, 6.45) is 1.73. The number of para-hydroxylation sites is 1. The molecule has 0 N–H and O–H groups in total. The summed E-state index contributed by atoms with van der Waals surface area (Å²) in [6.45, 7) is 0. The number of benzene rings is 1. The fourth-order valence-corrected chi connectivity index (χ4v) is 3.92. The lowest BCUT2D eigenvalue weighted by atomic mass is 9.85. The third kappa shape index (κ3) is 1.24. The lowest BCUT2D eigenvalue weighted by Gasteiger charge is -2.39. The Hall–Kier alpha value is -2.63. The molecule has 0 fully saturated rings. The predicted octanol–water partition coefficient (Wildman–Crippen LogP) is 1.18. The Labute approximate surface area is 125 Å². The van der Waals surface area contributed by atoms with Crippen LogP contribution in [-0.4, -0.2) is 18.9 Å². The average Bonchev–Trinajstić information content (AvgIpc) is 2.79. The van der Waals surface area contributed by atoms with Crippen molar-refractivity contribution in [2.24, 2.45) is 7.05 Å². The summed E-state index contributed by atoms with van der Waals surface area (Å²) in [6, 6.07) is 9.88. The highest BCUT2D eigenvalue weighted by Gasteiger charge is 2.41. The smallest absolute Gasteiger partial charge is 0.250 e. The highest BCUT2D eigenvalue weighted by atomic mass is 16.2. The Morgan fingerprint density at radius 3 is 2.55 bits per heavy atom. The second kappa shape index (κ2) is 3.76. The molecule has 2 aromatic heterocycles. The topological polar surface area (TPSA) is 61.8 Å². The molecule has 0 saturated heterocycles. The van der Waals surface area contributed by atoms with E-state index in [0.717, 1.165) is 35.0 Å². The van der Waals surface area contributed by atoms with Gasteiger partial charge in [-0.25, -0.2) is 23.5 Å². The largest absolute Gasteiger partial charge is 0.347 e. The van der Waals surface area contributed by atoms with Crippen LogP contribution in [0.15, 0.2) is 39.9 Å². The molecule has 6 nitrogen and oxygen atoms in total. The molecule has 0 saturated carbocycles. The summed E-state index contributed by atoms with van der Waals surface area (Å²) in [5.41, 5.74) is 2.48. The number of aromatic nitrogens is 4. The van der Waals surface area contributed by atoms with Gasteiger partial charge in [-0.1, -0.05) is 18.2 Å². The van der Waals surface area contributed by atoms with Crippen molar-refractivity contribution in [2.75, 3.05) is 0 Å². The van der Waals surface area contributed by atoms with Gasteiger partial charge in [0, 0.05) is 18.0 Å². The Kier molecular flexibility index (Phi) is 2.05. The van der Waals surface area contributed by atoms with Gasteiger partial charge in [-0.05, 0) is 25.0 Å². The van der Waals surface area contributed by atoms with Crippen molar-refractivity contribution in [3.63, 3.8) is 0 Å². The molecule has 22 heavy (non-hydrogen) atoms. The van der Waals surface area contributed by atoms with Crippen LogP contribution >= 0.6 is 0 Å². The van der Waals surface area contributed by atoms with Crippen LogP contribution in [-0.2, 0) is 7.05 Å². The van der Waals surface area contributed by atoms with Gasteiger partial charge in [-0.15, -0.1) is 0 Å². The van der Waals surface area contributed by atoms with Crippen molar-refractivity contribution >= 4 is 10.9 Å². The monoisotopic (exact) mass is 294 g/mol. The van der Waals surface area contributed by atoms with Gasteiger partial charge >= 0.3 is 11.4 Å². The molecular formula is C16H14N4O2. The van der Waals surface area contributed by atoms with Crippen molar-refractivity contribution in [3.05, 3.63) is 62.6 Å². The van der Waals surface area contributed by atoms with Gasteiger partial charge in [0.25, 0.3) is 0 Å². The number of fused-ring (bicyclic) bond motifs is 2. The molecule has 1 aliphatic carbocycles. The predicted molar refractivity (Wildman–Crippen MR) is 81.2 cm³/mol. The molecule has 6 rings (SSSR count). The van der Waals surface area contributed by atoms with Gasteiger partial charge in [0.2, 0.25) is 0 Å². The van der Waals surface area contributed by atoms with E-state index in [-0.39, 0.29) is 23.5 Å². The first-order chi connectivity index (χ1) is 10.7. The number of hydrogen-bond donors (Lipinski definition) is 0. The van der Waals surface area contributed by atoms with Crippen LogP contribution in [0.1, 0.15) is 36.2 Å². The van der Waals surface area contributed by atoms with Crippen LogP contribution in [0.5, 0.6) is 0 Å². The molecule has 110 valence electrons. The normalized spacial score (nSPS) is 21.9. The van der Waals surface area contributed by atoms with E-state index in [2.05, 4.69) is 6.07 Å². The summed E-state index contributed by atoms with van der Waals surface area (Å²) in [5.74, 6) is 0. The zero-order valence-corrected chi connectivity index (χ0v) is 12.1. The number of rotatable bonds is 0. The van der Waals surface area contributed by atoms with Crippen molar-refractivity contribution in [1.29, 1.82) is 0 Å². The van der Waals surface area contributed by atoms with Crippen molar-refractivity contribution in [3.8, 4) is 0 Å². The summed E-state index contributed by atoms with van der Waals surface area (Å²) >= 11 is 0. The quantitative estimate of drug-likeness (QED) is 0.625. The maximum Gasteiger partial charge on any atom is 0.347 e. The summed E-state index contributed by atoms with van der Waals surface area (Å²) in [5, 5.41) is 1.08. The van der Waals surface area contributed by atoms with Crippen LogP contribution < -0.4 is 11.4 Å². The van der Waals surface area contributed by atoms with Crippen LogP contribution in [0.2, 0.25) is 0 Å². The minimum atomic E-state index is -0.250. The third-order valence-corrected chi connectivity index (χ3v) is 4.96. The van der Waals surface area contributed by atoms with Gasteiger partial charge in [-0.3, -0.25) is 4.98 Å². The lowest BCUT2D eigenvalue weighted by Crippen LogP contribution is -2.43. The van der Waals surface area contributed by atoms with E-state index in [0.29, 0.717) is 0 Å². The molecular weight excluding hydrogens is 280 g/mol. The van der Waals surface area contributed by atoms with E-state index in [1.807, 2.05) is 24.3 Å². The Morgan fingerprint density at radius 1 is 1.05 bits per heavy atom.